The molecule has 3 heterocycles. The van der Waals surface area contributed by atoms with Gasteiger partial charge in [0.2, 0.25) is 5.95 Å². The van der Waals surface area contributed by atoms with Gasteiger partial charge in [0.15, 0.2) is 0 Å². The van der Waals surface area contributed by atoms with Crippen molar-refractivity contribution < 1.29 is 0 Å². The molecule has 2 aromatic heterocycles. The molecule has 1 saturated heterocycles. The lowest BCUT2D eigenvalue weighted by atomic mass is 9.93. The van der Waals surface area contributed by atoms with Crippen molar-refractivity contribution in [1.29, 1.82) is 0 Å². The van der Waals surface area contributed by atoms with Crippen LogP contribution in [0.3, 0.4) is 0 Å². The van der Waals surface area contributed by atoms with E-state index in [0.29, 0.717) is 12.5 Å². The van der Waals surface area contributed by atoms with E-state index in [1.807, 2.05) is 39.0 Å². The van der Waals surface area contributed by atoms with E-state index in [2.05, 4.69) is 20.1 Å². The molecule has 1 aliphatic rings. The quantitative estimate of drug-likeness (QED) is 0.877. The molecule has 0 spiro atoms. The molecule has 0 atom stereocenters. The predicted octanol–water partition coefficient (Wildman–Crippen LogP) is 1.21. The van der Waals surface area contributed by atoms with Crippen molar-refractivity contribution in [2.24, 2.45) is 5.92 Å². The molecule has 1 N–H and O–H groups in total. The number of H-pyrrole nitrogens is 1. The minimum atomic E-state index is -0.112. The van der Waals surface area contributed by atoms with Gasteiger partial charge in [0.25, 0.3) is 0 Å². The molecule has 0 unspecified atom stereocenters. The van der Waals surface area contributed by atoms with Gasteiger partial charge < -0.3 is 9.80 Å². The van der Waals surface area contributed by atoms with E-state index in [4.69, 9.17) is 4.98 Å². The van der Waals surface area contributed by atoms with E-state index in [1.54, 1.807) is 4.57 Å². The number of nitrogens with one attached hydrogen (secondary N) is 1. The van der Waals surface area contributed by atoms with Gasteiger partial charge in [-0.3, -0.25) is 4.57 Å². The number of aromatic nitrogens is 5. The van der Waals surface area contributed by atoms with E-state index in [9.17, 15) is 4.79 Å². The summed E-state index contributed by atoms with van der Waals surface area (Å²) in [4.78, 5) is 25.2. The zero-order chi connectivity index (χ0) is 18.0. The van der Waals surface area contributed by atoms with E-state index < -0.39 is 0 Å². The monoisotopic (exact) mass is 345 g/mol. The molecule has 8 heteroatoms. The summed E-state index contributed by atoms with van der Waals surface area (Å²) in [5, 5.41) is 6.74. The lowest BCUT2D eigenvalue weighted by Gasteiger charge is -2.32. The Bertz CT molecular complexity index is 772. The third kappa shape index (κ3) is 3.67. The molecule has 8 nitrogen and oxygen atoms in total. The standard InChI is InChI=1S/C17H27N7O/c1-5-24-14(20-21-17(24)25)10-13-6-8-23(9-7-13)16-18-11-12(2)15(19-16)22(3)4/h11,13H,5-10H2,1-4H3,(H,21,25). The highest BCUT2D eigenvalue weighted by atomic mass is 16.1. The van der Waals surface area contributed by atoms with Crippen LogP contribution in [0.25, 0.3) is 0 Å². The molecule has 1 fully saturated rings. The van der Waals surface area contributed by atoms with Crippen LogP contribution in [0.15, 0.2) is 11.0 Å². The third-order valence-electron chi connectivity index (χ3n) is 4.88. The largest absolute Gasteiger partial charge is 0.362 e. The first-order valence-electron chi connectivity index (χ1n) is 8.89. The lowest BCUT2D eigenvalue weighted by molar-refractivity contribution is 0.388. The minimum absolute atomic E-state index is 0.112. The summed E-state index contributed by atoms with van der Waals surface area (Å²) in [7, 11) is 4.00. The summed E-state index contributed by atoms with van der Waals surface area (Å²) in [5.41, 5.74) is 0.971. The Morgan fingerprint density at radius 2 is 2.04 bits per heavy atom. The van der Waals surface area contributed by atoms with Crippen LogP contribution in [0.2, 0.25) is 0 Å². The van der Waals surface area contributed by atoms with E-state index >= 15 is 0 Å². The van der Waals surface area contributed by atoms with Crippen molar-refractivity contribution in [1.82, 2.24) is 24.7 Å². The summed E-state index contributed by atoms with van der Waals surface area (Å²) in [6.45, 7) is 6.53. The van der Waals surface area contributed by atoms with Crippen molar-refractivity contribution in [2.75, 3.05) is 37.0 Å². The Balaban J connectivity index is 1.64. The van der Waals surface area contributed by atoms with E-state index in [1.165, 1.54) is 0 Å². The van der Waals surface area contributed by atoms with Gasteiger partial charge in [-0.25, -0.2) is 14.9 Å². The maximum Gasteiger partial charge on any atom is 0.343 e. The Kier molecular flexibility index (Phi) is 5.06. The van der Waals surface area contributed by atoms with E-state index in [0.717, 1.165) is 55.5 Å². The zero-order valence-corrected chi connectivity index (χ0v) is 15.5. The summed E-state index contributed by atoms with van der Waals surface area (Å²) in [6.07, 6.45) is 4.85. The number of aryl methyl sites for hydroxylation is 1. The normalized spacial score (nSPS) is 15.6. The van der Waals surface area contributed by atoms with E-state index in [-0.39, 0.29) is 5.69 Å². The molecule has 3 rings (SSSR count). The van der Waals surface area contributed by atoms with Crippen LogP contribution in [-0.2, 0) is 13.0 Å². The summed E-state index contributed by atoms with van der Waals surface area (Å²) in [5.74, 6) is 3.18. The molecule has 25 heavy (non-hydrogen) atoms. The lowest BCUT2D eigenvalue weighted by Crippen LogP contribution is -2.36. The van der Waals surface area contributed by atoms with Crippen LogP contribution in [0.1, 0.15) is 31.2 Å². The molecule has 0 saturated carbocycles. The first kappa shape index (κ1) is 17.4. The van der Waals surface area contributed by atoms with Crippen molar-refractivity contribution in [3.8, 4) is 0 Å². The van der Waals surface area contributed by atoms with Crippen molar-refractivity contribution >= 4 is 11.8 Å². The van der Waals surface area contributed by atoms with Crippen LogP contribution < -0.4 is 15.5 Å². The SMILES string of the molecule is CCn1c(CC2CCN(c3ncc(C)c(N(C)C)n3)CC2)n[nH]c1=O. The predicted molar refractivity (Wildman–Crippen MR) is 98.3 cm³/mol. The zero-order valence-electron chi connectivity index (χ0n) is 15.5. The Labute approximate surface area is 147 Å². The van der Waals surface area contributed by atoms with Gasteiger partial charge in [0.1, 0.15) is 11.6 Å². The average Bonchev–Trinajstić information content (AvgIpc) is 2.95. The highest BCUT2D eigenvalue weighted by Gasteiger charge is 2.23. The van der Waals surface area contributed by atoms with Gasteiger partial charge in [-0.15, -0.1) is 0 Å². The first-order chi connectivity index (χ1) is 12.0. The average molecular weight is 345 g/mol. The molecule has 0 bridgehead atoms. The summed E-state index contributed by atoms with van der Waals surface area (Å²) >= 11 is 0. The maximum atomic E-state index is 11.7. The second-order valence-electron chi connectivity index (χ2n) is 6.89. The van der Waals surface area contributed by atoms with Crippen molar-refractivity contribution in [2.45, 2.75) is 39.7 Å². The van der Waals surface area contributed by atoms with Gasteiger partial charge >= 0.3 is 5.69 Å². The third-order valence-corrected chi connectivity index (χ3v) is 4.88. The van der Waals surface area contributed by atoms with Crippen molar-refractivity contribution in [3.05, 3.63) is 28.1 Å². The molecule has 0 radical (unpaired) electrons. The summed E-state index contributed by atoms with van der Waals surface area (Å²) < 4.78 is 1.72. The second-order valence-corrected chi connectivity index (χ2v) is 6.89. The first-order valence-corrected chi connectivity index (χ1v) is 8.89. The van der Waals surface area contributed by atoms with Gasteiger partial charge in [-0.2, -0.15) is 10.1 Å². The molecule has 136 valence electrons. The Morgan fingerprint density at radius 1 is 1.32 bits per heavy atom. The number of piperidine rings is 1. The van der Waals surface area contributed by atoms with Crippen LogP contribution in [-0.4, -0.2) is 51.9 Å². The second kappa shape index (κ2) is 7.25. The Hall–Kier alpha value is -2.38. The number of hydrogen-bond donors (Lipinski definition) is 1. The maximum absolute atomic E-state index is 11.7. The van der Waals surface area contributed by atoms with Gasteiger partial charge in [-0.1, -0.05) is 0 Å². The summed E-state index contributed by atoms with van der Waals surface area (Å²) in [6, 6.07) is 0. The number of anilines is 2. The molecule has 0 amide bonds. The van der Waals surface area contributed by atoms with Crippen LogP contribution in [0.4, 0.5) is 11.8 Å². The number of aromatic amines is 1. The Morgan fingerprint density at radius 3 is 2.68 bits per heavy atom. The topological polar surface area (TPSA) is 82.9 Å². The molecule has 2 aromatic rings. The molecule has 1 aliphatic heterocycles. The van der Waals surface area contributed by atoms with Crippen LogP contribution in [0.5, 0.6) is 0 Å². The number of rotatable bonds is 5. The number of nitrogens with zero attached hydrogens (tertiary/aromatic N) is 6. The highest BCUT2D eigenvalue weighted by Crippen LogP contribution is 2.25. The van der Waals surface area contributed by atoms with Gasteiger partial charge in [-0.05, 0) is 32.6 Å². The fraction of sp³-hybridized carbons (Fsp3) is 0.647. The minimum Gasteiger partial charge on any atom is -0.362 e. The molecule has 0 aromatic carbocycles. The molecule has 0 aliphatic carbocycles. The molecular weight excluding hydrogens is 318 g/mol. The fourth-order valence-electron chi connectivity index (χ4n) is 3.46. The smallest absolute Gasteiger partial charge is 0.343 e. The molecular formula is C17H27N7O. The van der Waals surface area contributed by atoms with Gasteiger partial charge in [0.05, 0.1) is 0 Å². The van der Waals surface area contributed by atoms with Crippen LogP contribution in [0, 0.1) is 12.8 Å². The van der Waals surface area contributed by atoms with Crippen LogP contribution >= 0.6 is 0 Å². The number of hydrogen-bond acceptors (Lipinski definition) is 6. The highest BCUT2D eigenvalue weighted by molar-refractivity contribution is 5.48. The fourth-order valence-corrected chi connectivity index (χ4v) is 3.46. The van der Waals surface area contributed by atoms with Gasteiger partial charge in [0, 0.05) is 51.9 Å². The van der Waals surface area contributed by atoms with Crippen molar-refractivity contribution in [3.63, 3.8) is 0 Å².